The van der Waals surface area contributed by atoms with Gasteiger partial charge in [0.1, 0.15) is 11.8 Å². The van der Waals surface area contributed by atoms with Crippen LogP contribution in [0.25, 0.3) is 11.2 Å². The molecule has 0 spiro atoms. The third-order valence-corrected chi connectivity index (χ3v) is 2.48. The summed E-state index contributed by atoms with van der Waals surface area (Å²) < 4.78 is 1.77. The Labute approximate surface area is 102 Å². The van der Waals surface area contributed by atoms with Gasteiger partial charge in [0, 0.05) is 6.54 Å². The van der Waals surface area contributed by atoms with Gasteiger partial charge in [0.2, 0.25) is 0 Å². The lowest BCUT2D eigenvalue weighted by Crippen LogP contribution is -2.07. The third-order valence-electron chi connectivity index (χ3n) is 2.20. The number of aliphatic hydroxyl groups excluding tert-OH is 2. The minimum absolute atomic E-state index is 0.296. The lowest BCUT2D eigenvalue weighted by atomic mass is 10.3. The Kier molecular flexibility index (Phi) is 3.68. The molecule has 0 radical (unpaired) electrons. The van der Waals surface area contributed by atoms with Crippen molar-refractivity contribution in [1.82, 2.24) is 19.5 Å². The quantitative estimate of drug-likeness (QED) is 0.609. The molecule has 7 heteroatoms. The van der Waals surface area contributed by atoms with Gasteiger partial charge in [-0.2, -0.15) is 0 Å². The van der Waals surface area contributed by atoms with Crippen molar-refractivity contribution >= 4 is 22.8 Å². The highest BCUT2D eigenvalue weighted by Crippen LogP contribution is 2.16. The number of hydrogen-bond donors (Lipinski definition) is 2. The summed E-state index contributed by atoms with van der Waals surface area (Å²) in [4.78, 5) is 12.0. The van der Waals surface area contributed by atoms with Crippen molar-refractivity contribution in [2.45, 2.75) is 12.6 Å². The van der Waals surface area contributed by atoms with Gasteiger partial charge in [0.25, 0.3) is 0 Å². The second kappa shape index (κ2) is 5.22. The van der Waals surface area contributed by atoms with E-state index < -0.39 is 6.10 Å². The summed E-state index contributed by atoms with van der Waals surface area (Å²) in [6.45, 7) is 0.191. The zero-order valence-electron chi connectivity index (χ0n) is 8.86. The predicted octanol–water partition coefficient (Wildman–Crippen LogP) is 0.389. The molecule has 0 saturated carbocycles. The molecule has 0 aliphatic carbocycles. The first-order chi connectivity index (χ1) is 8.22. The Morgan fingerprint density at radius 1 is 1.41 bits per heavy atom. The van der Waals surface area contributed by atoms with Crippen molar-refractivity contribution < 1.29 is 10.2 Å². The molecule has 2 aromatic heterocycles. The molecule has 0 aliphatic heterocycles. The molecule has 0 amide bonds. The average Bonchev–Trinajstić information content (AvgIpc) is 2.74. The van der Waals surface area contributed by atoms with E-state index in [9.17, 15) is 0 Å². The number of aromatic nitrogens is 4. The van der Waals surface area contributed by atoms with Crippen molar-refractivity contribution in [3.05, 3.63) is 30.0 Å². The van der Waals surface area contributed by atoms with Crippen molar-refractivity contribution in [2.24, 2.45) is 0 Å². The van der Waals surface area contributed by atoms with Gasteiger partial charge in [0.15, 0.2) is 10.8 Å². The number of imidazole rings is 1. The summed E-state index contributed by atoms with van der Waals surface area (Å²) in [6.07, 6.45) is 5.35. The smallest absolute Gasteiger partial charge is 0.165 e. The highest BCUT2D eigenvalue weighted by atomic mass is 35.5. The Morgan fingerprint density at radius 3 is 3.00 bits per heavy atom. The molecule has 0 aromatic carbocycles. The molecular formula is C10H11ClN4O2. The van der Waals surface area contributed by atoms with Gasteiger partial charge in [-0.3, -0.25) is 0 Å². The van der Waals surface area contributed by atoms with E-state index in [1.807, 2.05) is 0 Å². The van der Waals surface area contributed by atoms with Crippen molar-refractivity contribution in [1.29, 1.82) is 0 Å². The van der Waals surface area contributed by atoms with E-state index in [1.54, 1.807) is 17.0 Å². The highest BCUT2D eigenvalue weighted by molar-refractivity contribution is 6.33. The van der Waals surface area contributed by atoms with Gasteiger partial charge in [0.05, 0.1) is 19.0 Å². The Bertz CT molecular complexity index is 540. The van der Waals surface area contributed by atoms with E-state index in [0.29, 0.717) is 22.9 Å². The minimum Gasteiger partial charge on any atom is -0.393 e. The number of fused-ring (bicyclic) bond motifs is 1. The predicted molar refractivity (Wildman–Crippen MR) is 62.6 cm³/mol. The van der Waals surface area contributed by atoms with Gasteiger partial charge in [-0.1, -0.05) is 23.8 Å². The number of hydrogen-bond acceptors (Lipinski definition) is 5. The van der Waals surface area contributed by atoms with Gasteiger partial charge in [-0.15, -0.1) is 0 Å². The third kappa shape index (κ3) is 2.60. The Morgan fingerprint density at radius 2 is 2.24 bits per heavy atom. The second-order valence-electron chi connectivity index (χ2n) is 3.41. The largest absolute Gasteiger partial charge is 0.393 e. The van der Waals surface area contributed by atoms with E-state index in [4.69, 9.17) is 21.8 Å². The van der Waals surface area contributed by atoms with Crippen LogP contribution >= 0.6 is 11.6 Å². The van der Waals surface area contributed by atoms with E-state index >= 15 is 0 Å². The molecule has 2 heterocycles. The van der Waals surface area contributed by atoms with E-state index in [0.717, 1.165) is 0 Å². The van der Waals surface area contributed by atoms with Crippen LogP contribution in [0.5, 0.6) is 0 Å². The van der Waals surface area contributed by atoms with Gasteiger partial charge in [-0.25, -0.2) is 15.0 Å². The first-order valence-electron chi connectivity index (χ1n) is 4.99. The van der Waals surface area contributed by atoms with E-state index in [-0.39, 0.29) is 6.61 Å². The zero-order valence-corrected chi connectivity index (χ0v) is 9.62. The lowest BCUT2D eigenvalue weighted by Gasteiger charge is -2.00. The molecule has 1 unspecified atom stereocenters. The minimum atomic E-state index is -0.844. The van der Waals surface area contributed by atoms with Crippen molar-refractivity contribution in [3.8, 4) is 0 Å². The van der Waals surface area contributed by atoms with Crippen LogP contribution in [0.2, 0.25) is 5.15 Å². The van der Waals surface area contributed by atoms with Crippen LogP contribution in [0.4, 0.5) is 0 Å². The van der Waals surface area contributed by atoms with Gasteiger partial charge < -0.3 is 14.8 Å². The summed E-state index contributed by atoms with van der Waals surface area (Å²) in [7, 11) is 0. The van der Waals surface area contributed by atoms with Crippen LogP contribution in [0.3, 0.4) is 0 Å². The molecule has 2 aromatic rings. The normalized spacial score (nSPS) is 13.6. The fourth-order valence-electron chi connectivity index (χ4n) is 1.38. The van der Waals surface area contributed by atoms with Gasteiger partial charge in [-0.05, 0) is 0 Å². The molecule has 0 bridgehead atoms. The molecule has 17 heavy (non-hydrogen) atoms. The summed E-state index contributed by atoms with van der Waals surface area (Å²) in [6, 6.07) is 0. The monoisotopic (exact) mass is 254 g/mol. The highest BCUT2D eigenvalue weighted by Gasteiger charge is 2.06. The molecule has 1 atom stereocenters. The Hall–Kier alpha value is -1.50. The van der Waals surface area contributed by atoms with E-state index in [1.165, 1.54) is 12.4 Å². The summed E-state index contributed by atoms with van der Waals surface area (Å²) in [5, 5.41) is 18.1. The number of aliphatic hydroxyl groups is 2. The number of halogens is 1. The molecule has 0 saturated heterocycles. The first-order valence-corrected chi connectivity index (χ1v) is 5.37. The zero-order chi connectivity index (χ0) is 12.3. The van der Waals surface area contributed by atoms with Crippen molar-refractivity contribution in [2.75, 3.05) is 6.61 Å². The topological polar surface area (TPSA) is 84.1 Å². The maximum atomic E-state index is 9.14. The summed E-state index contributed by atoms with van der Waals surface area (Å²) in [5.41, 5.74) is 1.18. The van der Waals surface area contributed by atoms with Crippen LogP contribution in [0.15, 0.2) is 24.8 Å². The lowest BCUT2D eigenvalue weighted by molar-refractivity contribution is 0.131. The molecule has 0 fully saturated rings. The molecule has 0 aliphatic rings. The first kappa shape index (κ1) is 12.0. The van der Waals surface area contributed by atoms with Crippen molar-refractivity contribution in [3.63, 3.8) is 0 Å². The summed E-state index contributed by atoms with van der Waals surface area (Å²) >= 11 is 5.86. The Balaban J connectivity index is 2.20. The fraction of sp³-hybridized carbons (Fsp3) is 0.300. The van der Waals surface area contributed by atoms with Crippen LogP contribution < -0.4 is 0 Å². The maximum absolute atomic E-state index is 9.14. The van der Waals surface area contributed by atoms with Crippen LogP contribution in [0.1, 0.15) is 0 Å². The van der Waals surface area contributed by atoms with Crippen LogP contribution in [0, 0.1) is 0 Å². The van der Waals surface area contributed by atoms with Crippen LogP contribution in [-0.2, 0) is 6.54 Å². The standard InChI is InChI=1S/C10H11ClN4O2/c11-9-8-10(13-5-12-9)15(6-14-8)3-1-2-7(17)4-16/h1-2,5-7,16-17H,3-4H2. The van der Waals surface area contributed by atoms with Crippen LogP contribution in [-0.4, -0.2) is 42.4 Å². The number of allylic oxidation sites excluding steroid dienone is 1. The summed E-state index contributed by atoms with van der Waals surface area (Å²) in [5.74, 6) is 0. The average molecular weight is 255 g/mol. The van der Waals surface area contributed by atoms with Gasteiger partial charge >= 0.3 is 0 Å². The number of nitrogens with zero attached hydrogens (tertiary/aromatic N) is 4. The molecule has 2 rings (SSSR count). The number of rotatable bonds is 4. The fourth-order valence-corrected chi connectivity index (χ4v) is 1.56. The molecule has 90 valence electrons. The maximum Gasteiger partial charge on any atom is 0.165 e. The SMILES string of the molecule is OCC(O)C=CCn1cnc2c(Cl)ncnc21. The molecule has 6 nitrogen and oxygen atoms in total. The second-order valence-corrected chi connectivity index (χ2v) is 3.77. The van der Waals surface area contributed by atoms with E-state index in [2.05, 4.69) is 15.0 Å². The molecule has 2 N–H and O–H groups in total. The molecular weight excluding hydrogens is 244 g/mol.